The zero-order chi connectivity index (χ0) is 20.0. The van der Waals surface area contributed by atoms with E-state index in [-0.39, 0.29) is 17.0 Å². The van der Waals surface area contributed by atoms with Crippen LogP contribution in [0.2, 0.25) is 0 Å². The predicted molar refractivity (Wildman–Crippen MR) is 106 cm³/mol. The Balaban J connectivity index is 2.69. The van der Waals surface area contributed by atoms with Gasteiger partial charge in [-0.05, 0) is 44.0 Å². The van der Waals surface area contributed by atoms with Gasteiger partial charge < -0.3 is 10.6 Å². The van der Waals surface area contributed by atoms with Gasteiger partial charge in [0.05, 0.1) is 5.75 Å². The maximum absolute atomic E-state index is 13.5. The molecule has 26 heavy (non-hydrogen) atoms. The first kappa shape index (κ1) is 22.6. The van der Waals surface area contributed by atoms with E-state index in [4.69, 9.17) is 0 Å². The van der Waals surface area contributed by atoms with Gasteiger partial charge in [-0.3, -0.25) is 9.20 Å². The molecule has 0 saturated carbocycles. The molecule has 0 saturated heterocycles. The molecular formula is C17H28FN3O3S2. The molecule has 148 valence electrons. The van der Waals surface area contributed by atoms with E-state index in [1.54, 1.807) is 7.05 Å². The van der Waals surface area contributed by atoms with Crippen molar-refractivity contribution in [1.82, 2.24) is 10.6 Å². The van der Waals surface area contributed by atoms with E-state index >= 15 is 0 Å². The Morgan fingerprint density at radius 2 is 1.88 bits per heavy atom. The van der Waals surface area contributed by atoms with Crippen molar-refractivity contribution in [1.29, 1.82) is 0 Å². The number of halogens is 1. The first-order chi connectivity index (χ1) is 11.9. The summed E-state index contributed by atoms with van der Waals surface area (Å²) in [5.74, 6) is 0.373. The van der Waals surface area contributed by atoms with Gasteiger partial charge in [-0.15, -0.1) is 0 Å². The van der Waals surface area contributed by atoms with Crippen LogP contribution >= 0.6 is 0 Å². The Morgan fingerprint density at radius 3 is 2.42 bits per heavy atom. The summed E-state index contributed by atoms with van der Waals surface area (Å²) < 4.78 is 48.4. The van der Waals surface area contributed by atoms with Crippen molar-refractivity contribution < 1.29 is 17.0 Å². The summed E-state index contributed by atoms with van der Waals surface area (Å²) in [6.07, 6.45) is 1.14. The number of aliphatic imine (C=N–C) groups is 1. The second-order valence-electron chi connectivity index (χ2n) is 7.00. The third-order valence-electron chi connectivity index (χ3n) is 3.52. The van der Waals surface area contributed by atoms with Crippen LogP contribution in [0.25, 0.3) is 0 Å². The lowest BCUT2D eigenvalue weighted by Crippen LogP contribution is -2.40. The highest BCUT2D eigenvalue weighted by Gasteiger charge is 2.18. The summed E-state index contributed by atoms with van der Waals surface area (Å²) in [4.78, 5) is 4.07. The van der Waals surface area contributed by atoms with Crippen LogP contribution in [0.5, 0.6) is 0 Å². The maximum atomic E-state index is 13.5. The van der Waals surface area contributed by atoms with Crippen molar-refractivity contribution in [2.75, 3.05) is 25.6 Å². The molecule has 9 heteroatoms. The van der Waals surface area contributed by atoms with Crippen molar-refractivity contribution in [3.63, 3.8) is 0 Å². The number of hydrogen-bond donors (Lipinski definition) is 2. The second-order valence-corrected chi connectivity index (χ2v) is 11.5. The minimum atomic E-state index is -3.22. The Kier molecular flexibility index (Phi) is 8.20. The predicted octanol–water partition coefficient (Wildman–Crippen LogP) is 1.58. The zero-order valence-corrected chi connectivity index (χ0v) is 17.6. The molecule has 2 N–H and O–H groups in total. The van der Waals surface area contributed by atoms with Crippen molar-refractivity contribution in [2.45, 2.75) is 37.8 Å². The highest BCUT2D eigenvalue weighted by Crippen LogP contribution is 2.14. The molecule has 6 nitrogen and oxygen atoms in total. The fraction of sp³-hybridized carbons (Fsp3) is 0.588. The number of hydrogen-bond acceptors (Lipinski definition) is 4. The Labute approximate surface area is 158 Å². The Hall–Kier alpha value is -1.48. The van der Waals surface area contributed by atoms with Crippen molar-refractivity contribution in [3.05, 3.63) is 35.1 Å². The van der Waals surface area contributed by atoms with E-state index in [1.165, 1.54) is 18.2 Å². The molecule has 0 bridgehead atoms. The number of rotatable bonds is 7. The van der Waals surface area contributed by atoms with Gasteiger partial charge in [0, 0.05) is 47.7 Å². The number of nitrogens with zero attached hydrogens (tertiary/aromatic N) is 1. The molecular weight excluding hydrogens is 377 g/mol. The Morgan fingerprint density at radius 1 is 1.23 bits per heavy atom. The summed E-state index contributed by atoms with van der Waals surface area (Å²) >= 11 is 0. The molecule has 0 fully saturated rings. The summed E-state index contributed by atoms with van der Waals surface area (Å²) in [5.41, 5.74) is 1.10. The van der Waals surface area contributed by atoms with Crippen LogP contribution in [-0.4, -0.2) is 48.9 Å². The fourth-order valence-corrected chi connectivity index (χ4v) is 3.90. The van der Waals surface area contributed by atoms with Crippen LogP contribution in [0.15, 0.2) is 23.2 Å². The van der Waals surface area contributed by atoms with Crippen LogP contribution in [0.1, 0.15) is 31.9 Å². The lowest BCUT2D eigenvalue weighted by molar-refractivity contribution is 0.599. The molecule has 0 amide bonds. The summed E-state index contributed by atoms with van der Waals surface area (Å²) in [5, 5.41) is 6.09. The highest BCUT2D eigenvalue weighted by atomic mass is 32.2. The van der Waals surface area contributed by atoms with Crippen LogP contribution in [0.3, 0.4) is 0 Å². The van der Waals surface area contributed by atoms with Gasteiger partial charge in [0.2, 0.25) is 0 Å². The number of benzene rings is 1. The molecule has 0 aliphatic carbocycles. The van der Waals surface area contributed by atoms with Crippen LogP contribution < -0.4 is 10.6 Å². The average Bonchev–Trinajstić information content (AvgIpc) is 2.50. The van der Waals surface area contributed by atoms with Gasteiger partial charge >= 0.3 is 0 Å². The first-order valence-electron chi connectivity index (χ1n) is 8.20. The van der Waals surface area contributed by atoms with Gasteiger partial charge in [-0.2, -0.15) is 0 Å². The van der Waals surface area contributed by atoms with E-state index in [0.29, 0.717) is 29.4 Å². The minimum Gasteiger partial charge on any atom is -0.355 e. The highest BCUT2D eigenvalue weighted by molar-refractivity contribution is 7.89. The van der Waals surface area contributed by atoms with Gasteiger partial charge in [-0.1, -0.05) is 6.07 Å². The van der Waals surface area contributed by atoms with E-state index in [9.17, 15) is 17.0 Å². The minimum absolute atomic E-state index is 0.152. The molecule has 1 aromatic rings. The maximum Gasteiger partial charge on any atom is 0.191 e. The summed E-state index contributed by atoms with van der Waals surface area (Å²) in [6.45, 7) is 6.46. The van der Waals surface area contributed by atoms with Crippen molar-refractivity contribution in [3.8, 4) is 0 Å². The molecule has 0 spiro atoms. The number of sulfone groups is 1. The summed E-state index contributed by atoms with van der Waals surface area (Å²) in [7, 11) is -2.60. The molecule has 0 heterocycles. The SMILES string of the molecule is CN=C(NCCS(=O)C(C)(C)C)NCc1cc(F)ccc1CS(C)(=O)=O. The van der Waals surface area contributed by atoms with Gasteiger partial charge in [-0.25, -0.2) is 12.8 Å². The number of guanidine groups is 1. The smallest absolute Gasteiger partial charge is 0.191 e. The zero-order valence-electron chi connectivity index (χ0n) is 15.9. The normalized spacial score (nSPS) is 14.2. The van der Waals surface area contributed by atoms with Crippen LogP contribution in [-0.2, 0) is 32.9 Å². The number of nitrogens with one attached hydrogen (secondary N) is 2. The largest absolute Gasteiger partial charge is 0.355 e. The quantitative estimate of drug-likeness (QED) is 0.531. The third-order valence-corrected chi connectivity index (χ3v) is 6.30. The van der Waals surface area contributed by atoms with Gasteiger partial charge in [0.25, 0.3) is 0 Å². The van der Waals surface area contributed by atoms with Crippen molar-refractivity contribution in [2.24, 2.45) is 4.99 Å². The van der Waals surface area contributed by atoms with Crippen molar-refractivity contribution >= 4 is 26.6 Å². The first-order valence-corrected chi connectivity index (χ1v) is 11.6. The molecule has 1 aromatic carbocycles. The van der Waals surface area contributed by atoms with Crippen LogP contribution in [0, 0.1) is 5.82 Å². The lowest BCUT2D eigenvalue weighted by Gasteiger charge is -2.19. The third kappa shape index (κ3) is 8.27. The van der Waals surface area contributed by atoms with E-state index in [0.717, 1.165) is 6.26 Å². The average molecular weight is 406 g/mol. The Bertz CT molecular complexity index is 772. The molecule has 0 aliphatic heterocycles. The molecule has 0 radical (unpaired) electrons. The molecule has 0 aliphatic rings. The fourth-order valence-electron chi connectivity index (χ4n) is 2.15. The molecule has 1 rings (SSSR count). The molecule has 1 atom stereocenters. The van der Waals surface area contributed by atoms with E-state index < -0.39 is 26.5 Å². The van der Waals surface area contributed by atoms with Gasteiger partial charge in [0.15, 0.2) is 15.8 Å². The summed E-state index contributed by atoms with van der Waals surface area (Å²) in [6, 6.07) is 4.05. The van der Waals surface area contributed by atoms with E-state index in [2.05, 4.69) is 15.6 Å². The second kappa shape index (κ2) is 9.45. The molecule has 1 unspecified atom stereocenters. The lowest BCUT2D eigenvalue weighted by atomic mass is 10.1. The molecule has 0 aromatic heterocycles. The van der Waals surface area contributed by atoms with Crippen LogP contribution in [0.4, 0.5) is 4.39 Å². The van der Waals surface area contributed by atoms with E-state index in [1.807, 2.05) is 20.8 Å². The monoisotopic (exact) mass is 405 g/mol. The topological polar surface area (TPSA) is 87.6 Å². The standard InChI is InChI=1S/C17H28FN3O3S2/c1-17(2,3)25(22)9-8-20-16(19-4)21-11-14-10-15(18)7-6-13(14)12-26(5,23)24/h6-7,10H,8-9,11-12H2,1-5H3,(H2,19,20,21). The van der Waals surface area contributed by atoms with Gasteiger partial charge in [0.1, 0.15) is 5.82 Å².